The Bertz CT molecular complexity index is 255. The van der Waals surface area contributed by atoms with E-state index in [4.69, 9.17) is 5.11 Å². The lowest BCUT2D eigenvalue weighted by Crippen LogP contribution is -2.02. The minimum atomic E-state index is -0.565. The second kappa shape index (κ2) is 10.0. The molecule has 0 aromatic carbocycles. The number of hydrogen-bond acceptors (Lipinski definition) is 5. The fourth-order valence-electron chi connectivity index (χ4n) is 0.297. The molecular weight excluding hydrogens is 200 g/mol. The molecule has 15 heavy (non-hydrogen) atoms. The van der Waals surface area contributed by atoms with Crippen LogP contribution in [0.3, 0.4) is 0 Å². The second-order valence-corrected chi connectivity index (χ2v) is 2.11. The van der Waals surface area contributed by atoms with Crippen LogP contribution in [0.1, 0.15) is 0 Å². The van der Waals surface area contributed by atoms with E-state index in [1.54, 1.807) is 0 Å². The third-order valence-corrected chi connectivity index (χ3v) is 0.916. The van der Waals surface area contributed by atoms with Crippen molar-refractivity contribution in [1.29, 1.82) is 0 Å². The van der Waals surface area contributed by atoms with Crippen molar-refractivity contribution in [2.24, 2.45) is 0 Å². The quantitative estimate of drug-likeness (QED) is 0.431. The molecule has 0 rings (SSSR count). The van der Waals surface area contributed by atoms with Crippen LogP contribution in [0.5, 0.6) is 0 Å². The zero-order valence-electron chi connectivity index (χ0n) is 8.56. The average molecular weight is 214 g/mol. The van der Waals surface area contributed by atoms with Gasteiger partial charge in [-0.1, -0.05) is 19.7 Å². The number of methoxy groups -OCH3 is 1. The van der Waals surface area contributed by atoms with Gasteiger partial charge in [0, 0.05) is 12.2 Å². The lowest BCUT2D eigenvalue weighted by Gasteiger charge is -1.97. The molecule has 0 aromatic heterocycles. The molecule has 0 amide bonds. The summed E-state index contributed by atoms with van der Waals surface area (Å²) in [5, 5.41) is 8.39. The highest BCUT2D eigenvalue weighted by molar-refractivity contribution is 5.81. The molecule has 0 atom stereocenters. The van der Waals surface area contributed by atoms with Crippen LogP contribution in [0.25, 0.3) is 0 Å². The number of aliphatic hydroxyl groups excluding tert-OH is 1. The van der Waals surface area contributed by atoms with Crippen LogP contribution < -0.4 is 0 Å². The van der Waals surface area contributed by atoms with E-state index in [9.17, 15) is 9.59 Å². The molecule has 0 aliphatic rings. The summed E-state index contributed by atoms with van der Waals surface area (Å²) >= 11 is 0. The van der Waals surface area contributed by atoms with Crippen molar-refractivity contribution in [3.05, 3.63) is 37.6 Å². The van der Waals surface area contributed by atoms with E-state index in [0.717, 1.165) is 12.2 Å². The lowest BCUT2D eigenvalue weighted by atomic mass is 10.6. The second-order valence-electron chi connectivity index (χ2n) is 2.11. The minimum absolute atomic E-state index is 0.162. The van der Waals surface area contributed by atoms with E-state index in [2.05, 4.69) is 29.2 Å². The maximum absolute atomic E-state index is 10.2. The van der Waals surface area contributed by atoms with Crippen molar-refractivity contribution < 1.29 is 24.2 Å². The smallest absolute Gasteiger partial charge is 0.330 e. The summed E-state index contributed by atoms with van der Waals surface area (Å²) in [5.41, 5.74) is 0. The molecule has 0 aromatic rings. The zero-order valence-corrected chi connectivity index (χ0v) is 8.56. The molecule has 0 aliphatic heterocycles. The van der Waals surface area contributed by atoms with E-state index in [1.165, 1.54) is 7.11 Å². The van der Waals surface area contributed by atoms with Gasteiger partial charge >= 0.3 is 11.9 Å². The Morgan fingerprint density at radius 3 is 1.93 bits per heavy atom. The van der Waals surface area contributed by atoms with Gasteiger partial charge in [0.2, 0.25) is 0 Å². The van der Waals surface area contributed by atoms with Gasteiger partial charge in [0.25, 0.3) is 0 Å². The van der Waals surface area contributed by atoms with Crippen LogP contribution in [-0.2, 0) is 19.1 Å². The Hall–Kier alpha value is -2.04. The number of carbonyl (C=O) groups is 2. The van der Waals surface area contributed by atoms with Crippen molar-refractivity contribution in [1.82, 2.24) is 0 Å². The topological polar surface area (TPSA) is 72.8 Å². The van der Waals surface area contributed by atoms with Crippen molar-refractivity contribution >= 4 is 11.9 Å². The Balaban J connectivity index is 0. The number of carbonyl (C=O) groups excluding carboxylic acids is 2. The predicted molar refractivity (Wildman–Crippen MR) is 55.1 cm³/mol. The van der Waals surface area contributed by atoms with Gasteiger partial charge in [-0.3, -0.25) is 0 Å². The van der Waals surface area contributed by atoms with Gasteiger partial charge in [0.05, 0.1) is 7.11 Å². The first-order valence-electron chi connectivity index (χ1n) is 3.84. The van der Waals surface area contributed by atoms with Crippen LogP contribution in [0.2, 0.25) is 0 Å². The zero-order chi connectivity index (χ0) is 12.3. The van der Waals surface area contributed by atoms with Gasteiger partial charge in [-0.05, 0) is 0 Å². The van der Waals surface area contributed by atoms with Crippen LogP contribution >= 0.6 is 0 Å². The fourth-order valence-corrected chi connectivity index (χ4v) is 0.297. The largest absolute Gasteiger partial charge is 0.509 e. The van der Waals surface area contributed by atoms with Gasteiger partial charge in [-0.15, -0.1) is 0 Å². The molecule has 1 N–H and O–H groups in total. The number of aliphatic hydroxyl groups is 1. The third-order valence-electron chi connectivity index (χ3n) is 0.916. The highest BCUT2D eigenvalue weighted by Gasteiger charge is 1.94. The first kappa shape index (κ1) is 15.4. The number of ether oxygens (including phenoxy) is 2. The van der Waals surface area contributed by atoms with E-state index >= 15 is 0 Å². The molecule has 0 heterocycles. The van der Waals surface area contributed by atoms with Gasteiger partial charge in [0.15, 0.2) is 0 Å². The van der Waals surface area contributed by atoms with Gasteiger partial charge in [0.1, 0.15) is 12.4 Å². The van der Waals surface area contributed by atoms with E-state index in [1.807, 2.05) is 0 Å². The van der Waals surface area contributed by atoms with Crippen molar-refractivity contribution in [3.63, 3.8) is 0 Å². The van der Waals surface area contributed by atoms with Crippen LogP contribution in [-0.4, -0.2) is 30.8 Å². The summed E-state index contributed by atoms with van der Waals surface area (Å²) in [6.07, 6.45) is 2.13. The number of rotatable bonds is 4. The highest BCUT2D eigenvalue weighted by atomic mass is 16.5. The fraction of sp³-hybridized carbons (Fsp3) is 0.200. The summed E-state index contributed by atoms with van der Waals surface area (Å²) in [6, 6.07) is 0. The normalized spacial score (nSPS) is 7.53. The van der Waals surface area contributed by atoms with Gasteiger partial charge < -0.3 is 14.6 Å². The van der Waals surface area contributed by atoms with Gasteiger partial charge in [-0.2, -0.15) is 0 Å². The third kappa shape index (κ3) is 14.8. The monoisotopic (exact) mass is 214 g/mol. The molecule has 0 aliphatic carbocycles. The molecule has 5 heteroatoms. The molecule has 0 unspecified atom stereocenters. The molecule has 0 spiro atoms. The van der Waals surface area contributed by atoms with Crippen LogP contribution in [0.4, 0.5) is 0 Å². The molecule has 0 saturated heterocycles. The summed E-state index contributed by atoms with van der Waals surface area (Å²) < 4.78 is 8.49. The van der Waals surface area contributed by atoms with Crippen molar-refractivity contribution in [2.75, 3.05) is 13.7 Å². The summed E-state index contributed by atoms with van der Waals surface area (Å²) in [7, 11) is 1.31. The van der Waals surface area contributed by atoms with E-state index in [0.29, 0.717) is 0 Å². The molecule has 0 radical (unpaired) electrons. The van der Waals surface area contributed by atoms with Gasteiger partial charge in [-0.25, -0.2) is 9.59 Å². The SMILES string of the molecule is C=CC(=O)OC.C=CC(=O)OCC(=C)O. The number of esters is 2. The van der Waals surface area contributed by atoms with Crippen molar-refractivity contribution in [2.45, 2.75) is 0 Å². The van der Waals surface area contributed by atoms with Crippen LogP contribution in [0, 0.1) is 0 Å². The molecule has 5 nitrogen and oxygen atoms in total. The Labute approximate surface area is 88.3 Å². The summed E-state index contributed by atoms with van der Waals surface area (Å²) in [6.45, 7) is 9.25. The van der Waals surface area contributed by atoms with Crippen molar-refractivity contribution in [3.8, 4) is 0 Å². The molecular formula is C10H14O5. The average Bonchev–Trinajstić information content (AvgIpc) is 2.25. The number of hydrogen-bond donors (Lipinski definition) is 1. The summed E-state index contributed by atoms with van der Waals surface area (Å²) in [5.74, 6) is -1.13. The Kier molecular flexibility index (Phi) is 10.3. The first-order chi connectivity index (χ1) is 6.97. The molecule has 84 valence electrons. The molecule has 0 fully saturated rings. The maximum Gasteiger partial charge on any atom is 0.330 e. The lowest BCUT2D eigenvalue weighted by molar-refractivity contribution is -0.137. The standard InChI is InChI=1S/C6H8O3.C4H6O2/c1-3-6(8)9-4-5(2)7;1-3-4(5)6-2/h3,7H,1-2,4H2;3H,1H2,2H3. The Morgan fingerprint density at radius 2 is 1.73 bits per heavy atom. The summed E-state index contributed by atoms with van der Waals surface area (Å²) in [4.78, 5) is 20.1. The molecule has 0 bridgehead atoms. The van der Waals surface area contributed by atoms with E-state index < -0.39 is 11.9 Å². The van der Waals surface area contributed by atoms with Crippen LogP contribution in [0.15, 0.2) is 37.6 Å². The maximum atomic E-state index is 10.2. The van der Waals surface area contributed by atoms with E-state index in [-0.39, 0.29) is 12.4 Å². The first-order valence-corrected chi connectivity index (χ1v) is 3.84. The Morgan fingerprint density at radius 1 is 1.27 bits per heavy atom. The predicted octanol–water partition coefficient (Wildman–Crippen LogP) is 1.13. The minimum Gasteiger partial charge on any atom is -0.509 e. The highest BCUT2D eigenvalue weighted by Crippen LogP contribution is 1.85. The molecule has 0 saturated carbocycles.